The first-order chi connectivity index (χ1) is 13.8. The predicted molar refractivity (Wildman–Crippen MR) is 108 cm³/mol. The molecule has 7 nitrogen and oxygen atoms in total. The lowest BCUT2D eigenvalue weighted by Gasteiger charge is -2.35. The van der Waals surface area contributed by atoms with Crippen molar-refractivity contribution < 1.29 is 19.1 Å². The van der Waals surface area contributed by atoms with E-state index >= 15 is 0 Å². The lowest BCUT2D eigenvalue weighted by molar-refractivity contribution is -0.120. The van der Waals surface area contributed by atoms with Crippen LogP contribution in [0.25, 0.3) is 0 Å². The van der Waals surface area contributed by atoms with Gasteiger partial charge in [-0.3, -0.25) is 9.59 Å². The van der Waals surface area contributed by atoms with Gasteiger partial charge in [0, 0.05) is 31.9 Å². The molecule has 1 spiro atoms. The number of ether oxygens (including phenoxy) is 1. The van der Waals surface area contributed by atoms with Crippen molar-refractivity contribution in [1.82, 2.24) is 4.90 Å². The summed E-state index contributed by atoms with van der Waals surface area (Å²) in [7, 11) is 2.18. The van der Waals surface area contributed by atoms with Crippen LogP contribution in [0.5, 0.6) is 5.75 Å². The maximum Gasteiger partial charge on any atom is 0.261 e. The van der Waals surface area contributed by atoms with E-state index in [1.165, 1.54) is 30.5 Å². The lowest BCUT2D eigenvalue weighted by atomic mass is 9.67. The summed E-state index contributed by atoms with van der Waals surface area (Å²) < 4.78 is 6.35. The number of rotatable bonds is 1. The minimum Gasteiger partial charge on any atom is -0.489 e. The quantitative estimate of drug-likeness (QED) is 0.413. The fraction of sp³-hybridized carbons (Fsp3) is 0.500. The van der Waals surface area contributed by atoms with Gasteiger partial charge in [0.2, 0.25) is 0 Å². The molecule has 3 aliphatic rings. The van der Waals surface area contributed by atoms with Crippen LogP contribution in [0.2, 0.25) is 0 Å². The highest BCUT2D eigenvalue weighted by Crippen LogP contribution is 2.54. The molecule has 1 aliphatic carbocycles. The van der Waals surface area contributed by atoms with Gasteiger partial charge in [-0.2, -0.15) is 0 Å². The minimum absolute atomic E-state index is 0.000300. The van der Waals surface area contributed by atoms with E-state index in [9.17, 15) is 14.4 Å². The third-order valence-corrected chi connectivity index (χ3v) is 5.72. The molecule has 29 heavy (non-hydrogen) atoms. The van der Waals surface area contributed by atoms with Crippen molar-refractivity contribution in [2.75, 3.05) is 13.6 Å². The van der Waals surface area contributed by atoms with Crippen molar-refractivity contribution in [3.8, 4) is 5.75 Å². The maximum absolute atomic E-state index is 11.2. The normalized spacial score (nSPS) is 27.2. The maximum atomic E-state index is 11.2. The summed E-state index contributed by atoms with van der Waals surface area (Å²) in [6.45, 7) is 6.61. The van der Waals surface area contributed by atoms with Gasteiger partial charge in [-0.05, 0) is 44.5 Å². The summed E-state index contributed by atoms with van der Waals surface area (Å²) in [6.07, 6.45) is 7.40. The Morgan fingerprint density at radius 3 is 2.55 bits per heavy atom. The first kappa shape index (κ1) is 21.0. The molecule has 2 heterocycles. The second kappa shape index (κ2) is 8.37. The van der Waals surface area contributed by atoms with Gasteiger partial charge in [-0.15, -0.1) is 10.2 Å². The number of carbonyl (C=O) groups is 3. The smallest absolute Gasteiger partial charge is 0.261 e. The highest BCUT2D eigenvalue weighted by molar-refractivity contribution is 5.78. The van der Waals surface area contributed by atoms with Crippen LogP contribution >= 0.6 is 0 Å². The van der Waals surface area contributed by atoms with Gasteiger partial charge in [0.05, 0.1) is 5.41 Å². The SMILES string of the molecule is CC(=O)N=NC(C)=O.Cc1ccc2c3c1O[C@H]1C[C@H](C=O)C=C[C@@]31CCN(C)C2. The van der Waals surface area contributed by atoms with Gasteiger partial charge in [0.25, 0.3) is 11.8 Å². The molecule has 2 aliphatic heterocycles. The Morgan fingerprint density at radius 1 is 1.24 bits per heavy atom. The minimum atomic E-state index is -0.458. The summed E-state index contributed by atoms with van der Waals surface area (Å²) in [6, 6.07) is 4.42. The van der Waals surface area contributed by atoms with Gasteiger partial charge >= 0.3 is 0 Å². The fourth-order valence-corrected chi connectivity index (χ4v) is 4.36. The molecule has 1 aromatic carbocycles. The Kier molecular flexibility index (Phi) is 6.07. The number of carbonyl (C=O) groups excluding carboxylic acids is 3. The summed E-state index contributed by atoms with van der Waals surface area (Å²) in [5.41, 5.74) is 3.95. The van der Waals surface area contributed by atoms with Gasteiger partial charge in [0.1, 0.15) is 18.1 Å². The Balaban J connectivity index is 0.000000258. The van der Waals surface area contributed by atoms with Crippen LogP contribution in [-0.4, -0.2) is 42.7 Å². The van der Waals surface area contributed by atoms with Gasteiger partial charge in [-0.25, -0.2) is 0 Å². The monoisotopic (exact) mass is 397 g/mol. The molecular weight excluding hydrogens is 370 g/mol. The van der Waals surface area contributed by atoms with Gasteiger partial charge in [-0.1, -0.05) is 24.3 Å². The number of benzene rings is 1. The van der Waals surface area contributed by atoms with Crippen molar-refractivity contribution >= 4 is 18.1 Å². The number of amides is 2. The summed E-state index contributed by atoms with van der Waals surface area (Å²) in [4.78, 5) is 33.4. The average molecular weight is 397 g/mol. The molecule has 0 saturated carbocycles. The largest absolute Gasteiger partial charge is 0.489 e. The number of aryl methyl sites for hydroxylation is 1. The predicted octanol–water partition coefficient (Wildman–Crippen LogP) is 3.14. The zero-order valence-corrected chi connectivity index (χ0v) is 17.3. The molecule has 4 rings (SSSR count). The van der Waals surface area contributed by atoms with E-state index < -0.39 is 11.8 Å². The Bertz CT molecular complexity index is 876. The summed E-state index contributed by atoms with van der Waals surface area (Å²) in [5, 5.41) is 5.92. The van der Waals surface area contributed by atoms with Crippen LogP contribution < -0.4 is 4.74 Å². The molecular formula is C22H27N3O4. The molecule has 7 heteroatoms. The number of aldehydes is 1. The fourth-order valence-electron chi connectivity index (χ4n) is 4.36. The van der Waals surface area contributed by atoms with E-state index in [2.05, 4.69) is 53.4 Å². The van der Waals surface area contributed by atoms with Crippen molar-refractivity contribution in [2.45, 2.75) is 51.7 Å². The average Bonchev–Trinajstić information content (AvgIpc) is 2.95. The van der Waals surface area contributed by atoms with Crippen LogP contribution in [0.15, 0.2) is 34.5 Å². The molecule has 0 bridgehead atoms. The van der Waals surface area contributed by atoms with E-state index in [1.807, 2.05) is 0 Å². The van der Waals surface area contributed by atoms with E-state index in [0.29, 0.717) is 0 Å². The molecule has 0 radical (unpaired) electrons. The third kappa shape index (κ3) is 4.19. The number of nitrogens with zero attached hydrogens (tertiary/aromatic N) is 3. The lowest BCUT2D eigenvalue weighted by Crippen LogP contribution is -2.41. The first-order valence-electron chi connectivity index (χ1n) is 9.82. The van der Waals surface area contributed by atoms with Crippen molar-refractivity contribution in [3.05, 3.63) is 41.0 Å². The zero-order valence-electron chi connectivity index (χ0n) is 17.3. The number of hydrogen-bond acceptors (Lipinski definition) is 5. The Labute approximate surface area is 170 Å². The third-order valence-electron chi connectivity index (χ3n) is 5.72. The first-order valence-corrected chi connectivity index (χ1v) is 9.82. The van der Waals surface area contributed by atoms with Crippen LogP contribution in [0.3, 0.4) is 0 Å². The molecule has 154 valence electrons. The van der Waals surface area contributed by atoms with E-state index in [4.69, 9.17) is 4.74 Å². The zero-order chi connectivity index (χ0) is 21.2. The van der Waals surface area contributed by atoms with E-state index in [1.54, 1.807) is 0 Å². The van der Waals surface area contributed by atoms with E-state index in [-0.39, 0.29) is 17.4 Å². The summed E-state index contributed by atoms with van der Waals surface area (Å²) >= 11 is 0. The molecule has 0 saturated heterocycles. The number of hydrogen-bond donors (Lipinski definition) is 0. The van der Waals surface area contributed by atoms with Crippen molar-refractivity contribution in [1.29, 1.82) is 0 Å². The second-order valence-corrected chi connectivity index (χ2v) is 8.01. The molecule has 0 unspecified atom stereocenters. The van der Waals surface area contributed by atoms with Crippen LogP contribution in [0, 0.1) is 12.8 Å². The molecule has 3 atom stereocenters. The number of azo groups is 1. The molecule has 0 N–H and O–H groups in total. The van der Waals surface area contributed by atoms with E-state index in [0.717, 1.165) is 38.0 Å². The molecule has 0 fully saturated rings. The molecule has 1 aromatic rings. The summed E-state index contributed by atoms with van der Waals surface area (Å²) in [5.74, 6) is 0.157. The molecule has 0 aromatic heterocycles. The van der Waals surface area contributed by atoms with Crippen molar-refractivity contribution in [3.63, 3.8) is 0 Å². The standard InChI is InChI=1S/C18H21NO2.C4H6N2O2/c1-12-3-4-14-10-19(2)8-7-18-6-5-13(11-20)9-15(18)21-17(12)16(14)18;1-3(7)5-6-4(2)8/h3-6,11,13,15H,7-10H2,1-2H3;1-2H3/t13-,15+,18+;/m1./s1. The second-order valence-electron chi connectivity index (χ2n) is 8.01. The van der Waals surface area contributed by atoms with Crippen molar-refractivity contribution in [2.24, 2.45) is 16.1 Å². The highest BCUT2D eigenvalue weighted by atomic mass is 16.5. The Morgan fingerprint density at radius 2 is 1.93 bits per heavy atom. The number of allylic oxidation sites excluding steroid dienone is 1. The van der Waals surface area contributed by atoms with Gasteiger partial charge < -0.3 is 14.4 Å². The van der Waals surface area contributed by atoms with Gasteiger partial charge in [0.15, 0.2) is 0 Å². The van der Waals surface area contributed by atoms with Crippen LogP contribution in [0.4, 0.5) is 0 Å². The Hall–Kier alpha value is -2.67. The highest BCUT2D eigenvalue weighted by Gasteiger charge is 2.51. The van der Waals surface area contributed by atoms with Crippen LogP contribution in [-0.2, 0) is 26.3 Å². The molecule has 2 amide bonds. The van der Waals surface area contributed by atoms with Crippen LogP contribution in [0.1, 0.15) is 43.4 Å². The topological polar surface area (TPSA) is 88.4 Å².